The minimum atomic E-state index is -6.02. The summed E-state index contributed by atoms with van der Waals surface area (Å²) in [6.07, 6.45) is 8.88. The zero-order chi connectivity index (χ0) is 23.0. The van der Waals surface area contributed by atoms with Gasteiger partial charge in [-0.3, -0.25) is 4.79 Å². The van der Waals surface area contributed by atoms with Crippen LogP contribution in [0.15, 0.2) is 0 Å². The lowest BCUT2D eigenvalue weighted by Crippen LogP contribution is -2.54. The second kappa shape index (κ2) is 15.4. The molecule has 4 nitrogen and oxygen atoms in total. The van der Waals surface area contributed by atoms with Crippen LogP contribution in [0, 0.1) is 0 Å². The zero-order valence-corrected chi connectivity index (χ0v) is 18.1. The molecule has 0 aliphatic heterocycles. The number of unbranched alkanes of at least 4 members (excludes halogenated alkanes) is 12. The molecule has 1 N–H and O–H groups in total. The summed E-state index contributed by atoms with van der Waals surface area (Å²) >= 11 is 0. The molecule has 0 rings (SSSR count). The highest BCUT2D eigenvalue weighted by atomic mass is 19.4. The lowest BCUT2D eigenvalue weighted by Gasteiger charge is -2.20. The molecule has 0 aliphatic rings. The van der Waals surface area contributed by atoms with Gasteiger partial charge in [0.15, 0.2) is 0 Å². The molecule has 0 bridgehead atoms. The first-order valence-electron chi connectivity index (χ1n) is 11.0. The number of hydrogen-bond donors (Lipinski definition) is 1. The lowest BCUT2D eigenvalue weighted by atomic mass is 10.0. The highest BCUT2D eigenvalue weighted by Crippen LogP contribution is 2.35. The number of carbonyl (C=O) groups is 2. The lowest BCUT2D eigenvalue weighted by molar-refractivity contribution is -0.270. The summed E-state index contributed by atoms with van der Waals surface area (Å²) in [5, 5.41) is 1.34. The average Bonchev–Trinajstić information content (AvgIpc) is 2.66. The monoisotopic (exact) mass is 445 g/mol. The predicted octanol–water partition coefficient (Wildman–Crippen LogP) is 6.32. The van der Waals surface area contributed by atoms with E-state index in [4.69, 9.17) is 4.74 Å². The van der Waals surface area contributed by atoms with Crippen LogP contribution in [0.25, 0.3) is 0 Å². The number of hydrogen-bond acceptors (Lipinski definition) is 3. The van der Waals surface area contributed by atoms with Crippen LogP contribution < -0.4 is 5.32 Å². The maximum Gasteiger partial charge on any atom is 0.463 e. The number of esters is 1. The smallest absolute Gasteiger partial charge is 0.463 e. The number of amides is 1. The molecule has 0 fully saturated rings. The summed E-state index contributed by atoms with van der Waals surface area (Å²) in [5.74, 6) is -9.17. The van der Waals surface area contributed by atoms with Crippen LogP contribution in [0.2, 0.25) is 0 Å². The molecule has 0 aromatic carbocycles. The Morgan fingerprint density at radius 1 is 0.767 bits per heavy atom. The molecule has 1 unspecified atom stereocenters. The van der Waals surface area contributed by atoms with E-state index in [9.17, 15) is 31.5 Å². The van der Waals surface area contributed by atoms with E-state index in [-0.39, 0.29) is 6.61 Å². The van der Waals surface area contributed by atoms with Gasteiger partial charge in [0.2, 0.25) is 0 Å². The van der Waals surface area contributed by atoms with Gasteiger partial charge in [0.1, 0.15) is 6.04 Å². The Morgan fingerprint density at radius 2 is 1.17 bits per heavy atom. The first kappa shape index (κ1) is 28.6. The molecular formula is C21H36F5NO3. The van der Waals surface area contributed by atoms with Gasteiger partial charge >= 0.3 is 24.0 Å². The maximum absolute atomic E-state index is 12.8. The van der Waals surface area contributed by atoms with Gasteiger partial charge in [-0.05, 0) is 13.3 Å². The summed E-state index contributed by atoms with van der Waals surface area (Å²) in [6.45, 7) is 3.24. The number of nitrogens with one attached hydrogen (secondary N) is 1. The quantitative estimate of drug-likeness (QED) is 0.162. The van der Waals surface area contributed by atoms with Crippen LogP contribution in [0.1, 0.15) is 97.3 Å². The van der Waals surface area contributed by atoms with Crippen LogP contribution in [0.5, 0.6) is 0 Å². The summed E-state index contributed by atoms with van der Waals surface area (Å²) in [6, 6.07) is -1.59. The molecule has 0 radical (unpaired) electrons. The number of alkyl halides is 5. The van der Waals surface area contributed by atoms with Crippen LogP contribution in [0.3, 0.4) is 0 Å². The van der Waals surface area contributed by atoms with Gasteiger partial charge < -0.3 is 10.1 Å². The summed E-state index contributed by atoms with van der Waals surface area (Å²) in [7, 11) is 0. The van der Waals surface area contributed by atoms with E-state index in [0.29, 0.717) is 6.42 Å². The van der Waals surface area contributed by atoms with Crippen molar-refractivity contribution in [2.75, 3.05) is 6.61 Å². The Kier molecular flexibility index (Phi) is 14.7. The fourth-order valence-electron chi connectivity index (χ4n) is 2.89. The van der Waals surface area contributed by atoms with Crippen LogP contribution in [-0.4, -0.2) is 36.6 Å². The third-order valence-electron chi connectivity index (χ3n) is 4.83. The number of halogens is 5. The topological polar surface area (TPSA) is 55.4 Å². The maximum atomic E-state index is 12.8. The Morgan fingerprint density at radius 3 is 1.57 bits per heavy atom. The van der Waals surface area contributed by atoms with Gasteiger partial charge in [-0.2, -0.15) is 22.0 Å². The first-order chi connectivity index (χ1) is 14.0. The van der Waals surface area contributed by atoms with Gasteiger partial charge in [-0.25, -0.2) is 4.79 Å². The molecule has 0 aromatic heterocycles. The number of ether oxygens (including phenoxy) is 1. The highest BCUT2D eigenvalue weighted by Gasteiger charge is 2.63. The molecular weight excluding hydrogens is 409 g/mol. The van der Waals surface area contributed by atoms with Crippen molar-refractivity contribution in [2.45, 2.75) is 115 Å². The summed E-state index contributed by atoms with van der Waals surface area (Å²) < 4.78 is 66.8. The van der Waals surface area contributed by atoms with Crippen molar-refractivity contribution in [1.82, 2.24) is 5.32 Å². The van der Waals surface area contributed by atoms with E-state index in [1.54, 1.807) is 0 Å². The molecule has 0 aromatic rings. The van der Waals surface area contributed by atoms with E-state index in [1.165, 1.54) is 56.7 Å². The molecule has 1 amide bonds. The minimum Gasteiger partial charge on any atom is -0.464 e. The Hall–Kier alpha value is -1.41. The third kappa shape index (κ3) is 12.3. The minimum absolute atomic E-state index is 0.0342. The highest BCUT2D eigenvalue weighted by molar-refractivity contribution is 5.88. The average molecular weight is 446 g/mol. The van der Waals surface area contributed by atoms with Gasteiger partial charge in [0, 0.05) is 0 Å². The van der Waals surface area contributed by atoms with Gasteiger partial charge in [-0.15, -0.1) is 0 Å². The standard InChI is InChI=1S/C21H36F5NO3/c1-3-4-5-6-7-8-9-10-11-12-13-14-15-16-30-18(28)17(2)27-19(29)20(22,23)21(24,25)26/h17H,3-16H2,1-2H3,(H,27,29). The largest absolute Gasteiger partial charge is 0.464 e. The predicted molar refractivity (Wildman–Crippen MR) is 105 cm³/mol. The molecule has 0 spiro atoms. The van der Waals surface area contributed by atoms with Crippen molar-refractivity contribution in [3.63, 3.8) is 0 Å². The van der Waals surface area contributed by atoms with Gasteiger partial charge in [0.05, 0.1) is 6.61 Å². The fourth-order valence-corrected chi connectivity index (χ4v) is 2.89. The van der Waals surface area contributed by atoms with Crippen molar-refractivity contribution in [3.05, 3.63) is 0 Å². The fraction of sp³-hybridized carbons (Fsp3) is 0.905. The van der Waals surface area contributed by atoms with E-state index < -0.39 is 30.0 Å². The Labute approximate surface area is 176 Å². The van der Waals surface area contributed by atoms with Crippen LogP contribution in [-0.2, 0) is 14.3 Å². The van der Waals surface area contributed by atoms with E-state index in [2.05, 4.69) is 6.92 Å². The van der Waals surface area contributed by atoms with Crippen molar-refractivity contribution in [1.29, 1.82) is 0 Å². The molecule has 1 atom stereocenters. The third-order valence-corrected chi connectivity index (χ3v) is 4.83. The van der Waals surface area contributed by atoms with Crippen molar-refractivity contribution in [2.24, 2.45) is 0 Å². The van der Waals surface area contributed by atoms with Crippen LogP contribution >= 0.6 is 0 Å². The van der Waals surface area contributed by atoms with E-state index in [0.717, 1.165) is 32.6 Å². The number of carbonyl (C=O) groups excluding carboxylic acids is 2. The molecule has 0 saturated heterocycles. The van der Waals surface area contributed by atoms with Gasteiger partial charge in [-0.1, -0.05) is 84.0 Å². The second-order valence-electron chi connectivity index (χ2n) is 7.68. The van der Waals surface area contributed by atoms with Crippen molar-refractivity contribution in [3.8, 4) is 0 Å². The molecule has 0 saturated carbocycles. The van der Waals surface area contributed by atoms with Gasteiger partial charge in [0.25, 0.3) is 0 Å². The van der Waals surface area contributed by atoms with Crippen LogP contribution in [0.4, 0.5) is 22.0 Å². The summed E-state index contributed by atoms with van der Waals surface area (Å²) in [5.41, 5.74) is 0. The zero-order valence-electron chi connectivity index (χ0n) is 18.1. The van der Waals surface area contributed by atoms with E-state index in [1.807, 2.05) is 0 Å². The van der Waals surface area contributed by atoms with Crippen molar-refractivity contribution >= 4 is 11.9 Å². The molecule has 9 heteroatoms. The SMILES string of the molecule is CCCCCCCCCCCCCCCOC(=O)C(C)NC(=O)C(F)(F)C(F)(F)F. The molecule has 178 valence electrons. The molecule has 0 aliphatic carbocycles. The van der Waals surface area contributed by atoms with E-state index >= 15 is 0 Å². The molecule has 0 heterocycles. The summed E-state index contributed by atoms with van der Waals surface area (Å²) in [4.78, 5) is 22.6. The van der Waals surface area contributed by atoms with Crippen molar-refractivity contribution < 1.29 is 36.3 Å². The second-order valence-corrected chi connectivity index (χ2v) is 7.68. The first-order valence-corrected chi connectivity index (χ1v) is 11.0. The Bertz CT molecular complexity index is 484. The normalized spacial score (nSPS) is 13.2. The Balaban J connectivity index is 3.68. The molecule has 30 heavy (non-hydrogen) atoms. The number of rotatable bonds is 17.